The summed E-state index contributed by atoms with van der Waals surface area (Å²) in [6, 6.07) is 7.66. The van der Waals surface area contributed by atoms with Gasteiger partial charge in [-0.25, -0.2) is 4.98 Å². The summed E-state index contributed by atoms with van der Waals surface area (Å²) in [6.45, 7) is -0.00394. The van der Waals surface area contributed by atoms with Crippen LogP contribution in [0, 0.1) is 0 Å². The predicted octanol–water partition coefficient (Wildman–Crippen LogP) is 0.517. The number of hydrogen-bond acceptors (Lipinski definition) is 4. The standard InChI is InChI=1S/C12H14N4O2S/c1-13-10(17)6-14-11(18)7-19-12-15-8-4-2-3-5-9(8)16-12/h2-5H,6-7H2,1H3,(H,13,17)(H,14,18)(H,15,16). The highest BCUT2D eigenvalue weighted by molar-refractivity contribution is 7.99. The van der Waals surface area contributed by atoms with Crippen LogP contribution in [0.1, 0.15) is 0 Å². The summed E-state index contributed by atoms with van der Waals surface area (Å²) in [4.78, 5) is 29.9. The van der Waals surface area contributed by atoms with Crippen LogP contribution in [0.15, 0.2) is 29.4 Å². The van der Waals surface area contributed by atoms with Crippen molar-refractivity contribution in [1.29, 1.82) is 0 Å². The predicted molar refractivity (Wildman–Crippen MR) is 73.9 cm³/mol. The number of nitrogens with one attached hydrogen (secondary N) is 3. The van der Waals surface area contributed by atoms with Crippen LogP contribution in [0.5, 0.6) is 0 Å². The second-order valence-electron chi connectivity index (χ2n) is 3.80. The zero-order chi connectivity index (χ0) is 13.7. The molecule has 100 valence electrons. The molecule has 1 aromatic carbocycles. The van der Waals surface area contributed by atoms with E-state index in [1.165, 1.54) is 18.8 Å². The van der Waals surface area contributed by atoms with Crippen molar-refractivity contribution < 1.29 is 9.59 Å². The van der Waals surface area contributed by atoms with Crippen molar-refractivity contribution in [3.63, 3.8) is 0 Å². The summed E-state index contributed by atoms with van der Waals surface area (Å²) in [5, 5.41) is 5.65. The Morgan fingerprint density at radius 1 is 1.32 bits per heavy atom. The molecule has 2 aromatic rings. The highest BCUT2D eigenvalue weighted by atomic mass is 32.2. The molecule has 3 N–H and O–H groups in total. The number of amides is 2. The van der Waals surface area contributed by atoms with Gasteiger partial charge in [-0.15, -0.1) is 0 Å². The molecular weight excluding hydrogens is 264 g/mol. The van der Waals surface area contributed by atoms with Gasteiger partial charge in [-0.2, -0.15) is 0 Å². The van der Waals surface area contributed by atoms with E-state index in [1.807, 2.05) is 24.3 Å². The van der Waals surface area contributed by atoms with E-state index in [2.05, 4.69) is 20.6 Å². The van der Waals surface area contributed by atoms with E-state index in [4.69, 9.17) is 0 Å². The van der Waals surface area contributed by atoms with E-state index in [9.17, 15) is 9.59 Å². The number of hydrogen-bond donors (Lipinski definition) is 3. The van der Waals surface area contributed by atoms with Crippen LogP contribution in [-0.4, -0.2) is 41.1 Å². The fraction of sp³-hybridized carbons (Fsp3) is 0.250. The summed E-state index contributed by atoms with van der Waals surface area (Å²) >= 11 is 1.30. The van der Waals surface area contributed by atoms with E-state index >= 15 is 0 Å². The van der Waals surface area contributed by atoms with E-state index in [0.29, 0.717) is 5.16 Å². The van der Waals surface area contributed by atoms with Gasteiger partial charge in [-0.1, -0.05) is 23.9 Å². The van der Waals surface area contributed by atoms with Gasteiger partial charge in [0.15, 0.2) is 5.16 Å². The summed E-state index contributed by atoms with van der Waals surface area (Å²) in [5.74, 6) is -0.201. The molecule has 0 fully saturated rings. The van der Waals surface area contributed by atoms with E-state index in [1.54, 1.807) is 0 Å². The molecule has 0 unspecified atom stereocenters. The summed E-state index contributed by atoms with van der Waals surface area (Å²) in [7, 11) is 1.53. The monoisotopic (exact) mass is 278 g/mol. The van der Waals surface area contributed by atoms with Crippen molar-refractivity contribution in [2.75, 3.05) is 19.3 Å². The van der Waals surface area contributed by atoms with Crippen LogP contribution >= 0.6 is 11.8 Å². The van der Waals surface area contributed by atoms with Gasteiger partial charge >= 0.3 is 0 Å². The topological polar surface area (TPSA) is 86.9 Å². The number of fused-ring (bicyclic) bond motifs is 1. The number of para-hydroxylation sites is 2. The Morgan fingerprint density at radius 3 is 2.84 bits per heavy atom. The number of nitrogens with zero attached hydrogens (tertiary/aromatic N) is 1. The molecule has 0 aliphatic rings. The summed E-state index contributed by atoms with van der Waals surface area (Å²) in [6.07, 6.45) is 0. The Balaban J connectivity index is 1.84. The van der Waals surface area contributed by atoms with Gasteiger partial charge < -0.3 is 15.6 Å². The minimum Gasteiger partial charge on any atom is -0.358 e. The summed E-state index contributed by atoms with van der Waals surface area (Å²) in [5.41, 5.74) is 1.81. The number of benzene rings is 1. The average Bonchev–Trinajstić information content (AvgIpc) is 2.85. The van der Waals surface area contributed by atoms with Crippen LogP contribution in [-0.2, 0) is 9.59 Å². The third-order valence-corrected chi connectivity index (χ3v) is 3.31. The summed E-state index contributed by atoms with van der Waals surface area (Å²) < 4.78 is 0. The van der Waals surface area contributed by atoms with Crippen LogP contribution in [0.25, 0.3) is 11.0 Å². The number of carbonyl (C=O) groups excluding carboxylic acids is 2. The lowest BCUT2D eigenvalue weighted by molar-refractivity contribution is -0.124. The fourth-order valence-corrected chi connectivity index (χ4v) is 2.16. The first-order chi connectivity index (χ1) is 9.19. The molecule has 1 heterocycles. The molecule has 0 aliphatic heterocycles. The number of aromatic nitrogens is 2. The quantitative estimate of drug-likeness (QED) is 0.696. The van der Waals surface area contributed by atoms with Gasteiger partial charge in [0.25, 0.3) is 0 Å². The van der Waals surface area contributed by atoms with Gasteiger partial charge in [0.1, 0.15) is 0 Å². The first-order valence-electron chi connectivity index (χ1n) is 5.74. The third-order valence-electron chi connectivity index (χ3n) is 2.43. The van der Waals surface area contributed by atoms with Crippen LogP contribution in [0.2, 0.25) is 0 Å². The Bertz CT molecular complexity index is 563. The molecule has 0 saturated heterocycles. The maximum absolute atomic E-state index is 11.5. The molecule has 2 rings (SSSR count). The SMILES string of the molecule is CNC(=O)CNC(=O)CSc1nc2ccccc2[nH]1. The van der Waals surface area contributed by atoms with Gasteiger partial charge in [-0.05, 0) is 12.1 Å². The number of imidazole rings is 1. The lowest BCUT2D eigenvalue weighted by atomic mass is 10.3. The molecule has 1 aromatic heterocycles. The number of H-pyrrole nitrogens is 1. The second kappa shape index (κ2) is 6.24. The smallest absolute Gasteiger partial charge is 0.239 e. The van der Waals surface area contributed by atoms with Gasteiger partial charge in [0.2, 0.25) is 11.8 Å². The number of thioether (sulfide) groups is 1. The van der Waals surface area contributed by atoms with Crippen molar-refractivity contribution in [1.82, 2.24) is 20.6 Å². The number of rotatable bonds is 5. The Hall–Kier alpha value is -2.02. The minimum atomic E-state index is -0.220. The third kappa shape index (κ3) is 3.72. The zero-order valence-electron chi connectivity index (χ0n) is 10.4. The van der Waals surface area contributed by atoms with Crippen molar-refractivity contribution in [2.45, 2.75) is 5.16 Å². The number of likely N-dealkylation sites (N-methyl/N-ethyl adjacent to an activating group) is 1. The number of carbonyl (C=O) groups is 2. The molecule has 0 bridgehead atoms. The molecular formula is C12H14N4O2S. The molecule has 0 aliphatic carbocycles. The van der Waals surface area contributed by atoms with Crippen LogP contribution in [0.4, 0.5) is 0 Å². The molecule has 0 radical (unpaired) electrons. The molecule has 6 nitrogen and oxygen atoms in total. The van der Waals surface area contributed by atoms with Gasteiger partial charge in [-0.3, -0.25) is 9.59 Å². The molecule has 2 amide bonds. The lowest BCUT2D eigenvalue weighted by Gasteiger charge is -2.02. The largest absolute Gasteiger partial charge is 0.358 e. The average molecular weight is 278 g/mol. The molecule has 0 atom stereocenters. The van der Waals surface area contributed by atoms with Crippen LogP contribution in [0.3, 0.4) is 0 Å². The highest BCUT2D eigenvalue weighted by Crippen LogP contribution is 2.18. The first kappa shape index (κ1) is 13.4. The van der Waals surface area contributed by atoms with Gasteiger partial charge in [0.05, 0.1) is 23.3 Å². The van der Waals surface area contributed by atoms with Crippen molar-refractivity contribution in [2.24, 2.45) is 0 Å². The van der Waals surface area contributed by atoms with Crippen LogP contribution < -0.4 is 10.6 Å². The van der Waals surface area contributed by atoms with Crippen molar-refractivity contribution in [3.05, 3.63) is 24.3 Å². The fourth-order valence-electron chi connectivity index (χ4n) is 1.45. The molecule has 7 heteroatoms. The minimum absolute atomic E-state index is 0.00394. The van der Waals surface area contributed by atoms with Crippen molar-refractivity contribution in [3.8, 4) is 0 Å². The molecule has 19 heavy (non-hydrogen) atoms. The number of aromatic amines is 1. The van der Waals surface area contributed by atoms with Crippen molar-refractivity contribution >= 4 is 34.6 Å². The zero-order valence-corrected chi connectivity index (χ0v) is 11.2. The Morgan fingerprint density at radius 2 is 2.11 bits per heavy atom. The van der Waals surface area contributed by atoms with E-state index in [-0.39, 0.29) is 24.1 Å². The Labute approximate surface area is 114 Å². The second-order valence-corrected chi connectivity index (χ2v) is 4.76. The maximum Gasteiger partial charge on any atom is 0.239 e. The molecule has 0 spiro atoms. The Kier molecular flexibility index (Phi) is 4.40. The normalized spacial score (nSPS) is 10.4. The van der Waals surface area contributed by atoms with Gasteiger partial charge in [0, 0.05) is 7.05 Å². The van der Waals surface area contributed by atoms with E-state index < -0.39 is 0 Å². The highest BCUT2D eigenvalue weighted by Gasteiger charge is 2.07. The first-order valence-corrected chi connectivity index (χ1v) is 6.72. The molecule has 0 saturated carbocycles. The maximum atomic E-state index is 11.5. The van der Waals surface area contributed by atoms with E-state index in [0.717, 1.165) is 11.0 Å². The lowest BCUT2D eigenvalue weighted by Crippen LogP contribution is -2.36.